The fourth-order valence-electron chi connectivity index (χ4n) is 0.327. The molecule has 0 bridgehead atoms. The minimum atomic E-state index is 0. The maximum atomic E-state index is 4.82. The predicted octanol–water partition coefficient (Wildman–Crippen LogP) is 0.661. The Hall–Kier alpha value is 0.310. The average molecular weight is 153 g/mol. The zero-order valence-corrected chi connectivity index (χ0v) is 7.71. The van der Waals surface area contributed by atoms with Gasteiger partial charge in [-0.1, -0.05) is 0 Å². The van der Waals surface area contributed by atoms with Crippen LogP contribution in [0.25, 0.3) is 0 Å². The summed E-state index contributed by atoms with van der Waals surface area (Å²) in [6, 6.07) is 0. The lowest BCUT2D eigenvalue weighted by atomic mass is 10.5. The molecule has 3 N–H and O–H groups in total. The summed E-state index contributed by atoms with van der Waals surface area (Å²) in [5.74, 6) is 0. The molecule has 0 aromatic heterocycles. The van der Waals surface area contributed by atoms with Gasteiger partial charge in [-0.3, -0.25) is 0 Å². The Morgan fingerprint density at radius 1 is 1.33 bits per heavy atom. The van der Waals surface area contributed by atoms with E-state index in [-0.39, 0.29) is 6.15 Å². The van der Waals surface area contributed by atoms with Crippen LogP contribution in [-0.2, 0) is 4.52 Å². The van der Waals surface area contributed by atoms with E-state index in [0.717, 1.165) is 17.6 Å². The van der Waals surface area contributed by atoms with Gasteiger partial charge in [-0.05, 0) is 0 Å². The molecule has 0 aromatic carbocycles. The van der Waals surface area contributed by atoms with Crippen LogP contribution in [0.4, 0.5) is 0 Å². The average Bonchev–Trinajstić information content (AvgIpc) is 1.59. The molecule has 0 aromatic rings. The lowest BCUT2D eigenvalue weighted by Crippen LogP contribution is -2.37. The summed E-state index contributed by atoms with van der Waals surface area (Å²) in [6.07, 6.45) is 0. The molecule has 0 saturated heterocycles. The molecule has 0 aliphatic rings. The number of hydrogen-bond acceptors (Lipinski definition) is 2. The first-order valence-electron chi connectivity index (χ1n) is 2.68. The number of nitrogens with zero attached hydrogens (tertiary/aromatic N) is 1. The highest BCUT2D eigenvalue weighted by atomic mass is 31.0. The van der Waals surface area contributed by atoms with Crippen LogP contribution in [0.1, 0.15) is 0 Å². The van der Waals surface area contributed by atoms with E-state index in [0.29, 0.717) is 0 Å². The van der Waals surface area contributed by atoms with E-state index in [9.17, 15) is 0 Å². The first-order valence-corrected chi connectivity index (χ1v) is 3.15. The van der Waals surface area contributed by atoms with Crippen molar-refractivity contribution in [2.45, 2.75) is 0 Å². The maximum absolute atomic E-state index is 4.82. The molecule has 1 atom stereocenters. The molecule has 0 aliphatic carbocycles. The van der Waals surface area contributed by atoms with Gasteiger partial charge in [0.1, 0.15) is 6.54 Å². The van der Waals surface area contributed by atoms with Gasteiger partial charge in [0.2, 0.25) is 0 Å². The molecule has 1 unspecified atom stereocenters. The van der Waals surface area contributed by atoms with Gasteiger partial charge in [0.25, 0.3) is 0 Å². The Morgan fingerprint density at radius 2 is 1.78 bits per heavy atom. The molecule has 0 spiro atoms. The van der Waals surface area contributed by atoms with E-state index in [1.54, 1.807) is 0 Å². The largest absolute Gasteiger partial charge is 0.360 e. The minimum absolute atomic E-state index is 0. The molecule has 0 rings (SSSR count). The van der Waals surface area contributed by atoms with Crippen LogP contribution < -0.4 is 6.15 Å². The van der Waals surface area contributed by atoms with E-state index in [1.165, 1.54) is 0 Å². The van der Waals surface area contributed by atoms with E-state index in [2.05, 4.69) is 30.6 Å². The monoisotopic (exact) mass is 153 g/mol. The second-order valence-electron chi connectivity index (χ2n) is 2.88. The van der Waals surface area contributed by atoms with Crippen LogP contribution in [-0.4, -0.2) is 38.8 Å². The van der Waals surface area contributed by atoms with Gasteiger partial charge in [-0.25, -0.2) is 0 Å². The highest BCUT2D eigenvalue weighted by Crippen LogP contribution is 1.91. The molecule has 4 heteroatoms. The number of rotatable bonds is 3. The van der Waals surface area contributed by atoms with Crippen LogP contribution in [0, 0.1) is 0 Å². The molecular weight excluding hydrogens is 135 g/mol. The van der Waals surface area contributed by atoms with Crippen molar-refractivity contribution in [1.29, 1.82) is 0 Å². The third-order valence-electron chi connectivity index (χ3n) is 0.880. The first-order chi connectivity index (χ1) is 3.56. The standard InChI is InChI=1S/C5H15NOP.H3N/c1-6(2,3)4-5-7-8;/h4-5,8H2,1-3H3;1H3/q+1;. The summed E-state index contributed by atoms with van der Waals surface area (Å²) >= 11 is 0. The molecule has 0 aliphatic heterocycles. The minimum Gasteiger partial charge on any atom is -0.360 e. The van der Waals surface area contributed by atoms with E-state index >= 15 is 0 Å². The van der Waals surface area contributed by atoms with Crippen LogP contribution in [0.2, 0.25) is 0 Å². The highest BCUT2D eigenvalue weighted by Gasteiger charge is 2.03. The number of likely N-dealkylation sites (N-methyl/N-ethyl adjacent to an activating group) is 1. The summed E-state index contributed by atoms with van der Waals surface area (Å²) in [5.41, 5.74) is 0. The normalized spacial score (nSPS) is 10.7. The smallest absolute Gasteiger partial charge is 0.102 e. The second-order valence-corrected chi connectivity index (χ2v) is 3.22. The molecule has 58 valence electrons. The quantitative estimate of drug-likeness (QED) is 0.478. The number of quaternary nitrogens is 1. The Labute approximate surface area is 59.8 Å². The van der Waals surface area contributed by atoms with E-state index < -0.39 is 0 Å². The molecule has 0 radical (unpaired) electrons. The van der Waals surface area contributed by atoms with Crippen LogP contribution in [0.15, 0.2) is 0 Å². The van der Waals surface area contributed by atoms with Crippen molar-refractivity contribution in [1.82, 2.24) is 6.15 Å². The lowest BCUT2D eigenvalue weighted by molar-refractivity contribution is -0.870. The Bertz CT molecular complexity index is 62.5. The van der Waals surface area contributed by atoms with Gasteiger partial charge >= 0.3 is 0 Å². The van der Waals surface area contributed by atoms with Gasteiger partial charge in [0.15, 0.2) is 0 Å². The topological polar surface area (TPSA) is 44.2 Å². The predicted molar refractivity (Wildman–Crippen MR) is 43.6 cm³/mol. The van der Waals surface area contributed by atoms with Crippen molar-refractivity contribution >= 4 is 9.47 Å². The summed E-state index contributed by atoms with van der Waals surface area (Å²) in [6.45, 7) is 1.87. The van der Waals surface area contributed by atoms with Crippen LogP contribution >= 0.6 is 9.47 Å². The van der Waals surface area contributed by atoms with Crippen molar-refractivity contribution in [2.24, 2.45) is 0 Å². The third kappa shape index (κ3) is 11.7. The third-order valence-corrected chi connectivity index (χ3v) is 1.12. The van der Waals surface area contributed by atoms with Crippen molar-refractivity contribution in [2.75, 3.05) is 34.3 Å². The lowest BCUT2D eigenvalue weighted by Gasteiger charge is -2.22. The van der Waals surface area contributed by atoms with Gasteiger partial charge in [0.05, 0.1) is 27.7 Å². The van der Waals surface area contributed by atoms with Crippen molar-refractivity contribution < 1.29 is 9.01 Å². The fourth-order valence-corrected chi connectivity index (χ4v) is 0.432. The molecule has 9 heavy (non-hydrogen) atoms. The van der Waals surface area contributed by atoms with E-state index in [1.807, 2.05) is 0 Å². The SMILES string of the molecule is C[N+](C)(C)CCOP.N. The van der Waals surface area contributed by atoms with Crippen molar-refractivity contribution in [3.63, 3.8) is 0 Å². The Balaban J connectivity index is 0. The summed E-state index contributed by atoms with van der Waals surface area (Å²) in [7, 11) is 8.68. The zero-order valence-electron chi connectivity index (χ0n) is 6.55. The Morgan fingerprint density at radius 3 is 1.89 bits per heavy atom. The fraction of sp³-hybridized carbons (Fsp3) is 1.00. The van der Waals surface area contributed by atoms with Crippen LogP contribution in [0.5, 0.6) is 0 Å². The van der Waals surface area contributed by atoms with Crippen molar-refractivity contribution in [3.8, 4) is 0 Å². The Kier molecular flexibility index (Phi) is 6.85. The van der Waals surface area contributed by atoms with E-state index in [4.69, 9.17) is 4.52 Å². The second kappa shape index (κ2) is 5.12. The van der Waals surface area contributed by atoms with Gasteiger partial charge in [-0.15, -0.1) is 0 Å². The van der Waals surface area contributed by atoms with Gasteiger partial charge in [-0.2, -0.15) is 0 Å². The first kappa shape index (κ1) is 12.0. The summed E-state index contributed by atoms with van der Waals surface area (Å²) in [4.78, 5) is 0. The van der Waals surface area contributed by atoms with Crippen molar-refractivity contribution in [3.05, 3.63) is 0 Å². The highest BCUT2D eigenvalue weighted by molar-refractivity contribution is 7.09. The maximum Gasteiger partial charge on any atom is 0.102 e. The summed E-state index contributed by atoms with van der Waals surface area (Å²) < 4.78 is 5.79. The molecule has 0 fully saturated rings. The number of hydrogen-bond donors (Lipinski definition) is 1. The zero-order chi connectivity index (χ0) is 6.62. The van der Waals surface area contributed by atoms with Gasteiger partial charge < -0.3 is 15.2 Å². The molecular formula is C5H18N2OP+. The van der Waals surface area contributed by atoms with Gasteiger partial charge in [0, 0.05) is 9.47 Å². The van der Waals surface area contributed by atoms with Crippen LogP contribution in [0.3, 0.4) is 0 Å². The molecule has 0 heterocycles. The molecule has 0 saturated carbocycles. The molecule has 0 amide bonds. The molecule has 3 nitrogen and oxygen atoms in total. The summed E-state index contributed by atoms with van der Waals surface area (Å²) in [5, 5.41) is 0.